The van der Waals surface area contributed by atoms with Gasteiger partial charge in [0.25, 0.3) is 0 Å². The molecule has 0 bridgehead atoms. The Bertz CT molecular complexity index is 454. The summed E-state index contributed by atoms with van der Waals surface area (Å²) in [6, 6.07) is 7.62. The van der Waals surface area contributed by atoms with E-state index in [0.717, 1.165) is 37.4 Å². The van der Waals surface area contributed by atoms with Gasteiger partial charge in [0.2, 0.25) is 5.91 Å². The first-order valence-corrected chi connectivity index (χ1v) is 7.87. The molecule has 1 aromatic rings. The molecule has 0 saturated carbocycles. The molecule has 4 heteroatoms. The second-order valence-corrected chi connectivity index (χ2v) is 6.20. The molecule has 4 nitrogen and oxygen atoms in total. The van der Waals surface area contributed by atoms with Crippen molar-refractivity contribution in [1.29, 1.82) is 0 Å². The van der Waals surface area contributed by atoms with E-state index in [4.69, 9.17) is 4.74 Å². The summed E-state index contributed by atoms with van der Waals surface area (Å²) in [5.41, 5.74) is 0.810. The van der Waals surface area contributed by atoms with Gasteiger partial charge in [0.15, 0.2) is 0 Å². The summed E-state index contributed by atoms with van der Waals surface area (Å²) < 4.78 is 5.68. The molecular weight excluding hydrogens is 264 g/mol. The van der Waals surface area contributed by atoms with E-state index >= 15 is 0 Å². The van der Waals surface area contributed by atoms with Crippen molar-refractivity contribution in [1.82, 2.24) is 5.32 Å². The maximum absolute atomic E-state index is 12.1. The van der Waals surface area contributed by atoms with Crippen molar-refractivity contribution in [3.8, 4) is 5.75 Å². The number of carbonyl (C=O) groups excluding carboxylic acids is 1. The third-order valence-electron chi connectivity index (χ3n) is 3.57. The number of hydrogen-bond donors (Lipinski definition) is 2. The van der Waals surface area contributed by atoms with Gasteiger partial charge >= 0.3 is 0 Å². The van der Waals surface area contributed by atoms with Gasteiger partial charge in [-0.25, -0.2) is 0 Å². The van der Waals surface area contributed by atoms with E-state index in [-0.39, 0.29) is 5.91 Å². The van der Waals surface area contributed by atoms with E-state index < -0.39 is 0 Å². The number of rotatable bonds is 6. The van der Waals surface area contributed by atoms with Crippen molar-refractivity contribution in [2.75, 3.05) is 25.0 Å². The monoisotopic (exact) mass is 290 g/mol. The largest absolute Gasteiger partial charge is 0.493 e. The number of piperidine rings is 1. The van der Waals surface area contributed by atoms with Gasteiger partial charge in [-0.1, -0.05) is 19.9 Å². The summed E-state index contributed by atoms with van der Waals surface area (Å²) in [6.07, 6.45) is 2.89. The first-order valence-electron chi connectivity index (χ1n) is 7.87. The lowest BCUT2D eigenvalue weighted by atomic mass is 9.96. The van der Waals surface area contributed by atoms with Gasteiger partial charge in [-0.05, 0) is 49.9 Å². The Labute approximate surface area is 127 Å². The Morgan fingerprint density at radius 3 is 3.05 bits per heavy atom. The zero-order chi connectivity index (χ0) is 15.1. The average Bonchev–Trinajstić information content (AvgIpc) is 2.46. The van der Waals surface area contributed by atoms with Crippen molar-refractivity contribution in [2.45, 2.75) is 33.1 Å². The Morgan fingerprint density at radius 1 is 1.48 bits per heavy atom. The van der Waals surface area contributed by atoms with E-state index in [1.165, 1.54) is 0 Å². The lowest BCUT2D eigenvalue weighted by Gasteiger charge is -2.22. The lowest BCUT2D eigenvalue weighted by Crippen LogP contribution is -2.32. The minimum atomic E-state index is 0.0877. The van der Waals surface area contributed by atoms with Gasteiger partial charge in [0.05, 0.1) is 6.61 Å². The van der Waals surface area contributed by atoms with Crippen LogP contribution in [0.25, 0.3) is 0 Å². The quantitative estimate of drug-likeness (QED) is 0.846. The number of nitrogens with one attached hydrogen (secondary N) is 2. The van der Waals surface area contributed by atoms with Crippen LogP contribution in [0.5, 0.6) is 5.75 Å². The van der Waals surface area contributed by atoms with E-state index in [1.807, 2.05) is 24.3 Å². The van der Waals surface area contributed by atoms with Crippen LogP contribution < -0.4 is 15.4 Å². The summed E-state index contributed by atoms with van der Waals surface area (Å²) in [5, 5.41) is 6.31. The van der Waals surface area contributed by atoms with Gasteiger partial charge in [0, 0.05) is 18.2 Å². The highest BCUT2D eigenvalue weighted by molar-refractivity contribution is 5.91. The zero-order valence-electron chi connectivity index (χ0n) is 13.0. The lowest BCUT2D eigenvalue weighted by molar-refractivity contribution is -0.117. The van der Waals surface area contributed by atoms with Crippen LogP contribution in [0.4, 0.5) is 5.69 Å². The zero-order valence-corrected chi connectivity index (χ0v) is 13.0. The number of benzene rings is 1. The Kier molecular flexibility index (Phi) is 6.05. The van der Waals surface area contributed by atoms with E-state index in [0.29, 0.717) is 24.9 Å². The second kappa shape index (κ2) is 8.03. The standard InChI is InChI=1S/C17H26N2O2/c1-13(2)12-21-16-7-3-6-15(10-16)19-17(20)9-14-5-4-8-18-11-14/h3,6-7,10,13-14,18H,4-5,8-9,11-12H2,1-2H3,(H,19,20). The van der Waals surface area contributed by atoms with Crippen LogP contribution in [0.15, 0.2) is 24.3 Å². The fourth-order valence-electron chi connectivity index (χ4n) is 2.50. The minimum Gasteiger partial charge on any atom is -0.493 e. The SMILES string of the molecule is CC(C)COc1cccc(NC(=O)CC2CCCNC2)c1. The highest BCUT2D eigenvalue weighted by Crippen LogP contribution is 2.20. The first kappa shape index (κ1) is 15.8. The van der Waals surface area contributed by atoms with E-state index in [2.05, 4.69) is 24.5 Å². The van der Waals surface area contributed by atoms with E-state index in [1.54, 1.807) is 0 Å². The molecule has 0 spiro atoms. The number of hydrogen-bond acceptors (Lipinski definition) is 3. The fraction of sp³-hybridized carbons (Fsp3) is 0.588. The minimum absolute atomic E-state index is 0.0877. The number of carbonyl (C=O) groups is 1. The van der Waals surface area contributed by atoms with Crippen LogP contribution >= 0.6 is 0 Å². The molecular formula is C17H26N2O2. The molecule has 116 valence electrons. The summed E-state index contributed by atoms with van der Waals surface area (Å²) >= 11 is 0. The van der Waals surface area contributed by atoms with Gasteiger partial charge in [-0.2, -0.15) is 0 Å². The van der Waals surface area contributed by atoms with Crippen LogP contribution in [-0.2, 0) is 4.79 Å². The average molecular weight is 290 g/mol. The van der Waals surface area contributed by atoms with Gasteiger partial charge in [-0.3, -0.25) is 4.79 Å². The van der Waals surface area contributed by atoms with E-state index in [9.17, 15) is 4.79 Å². The number of amides is 1. The van der Waals surface area contributed by atoms with Crippen LogP contribution in [0.3, 0.4) is 0 Å². The van der Waals surface area contributed by atoms with Crippen LogP contribution in [0.2, 0.25) is 0 Å². The van der Waals surface area contributed by atoms with Crippen LogP contribution in [0.1, 0.15) is 33.1 Å². The molecule has 1 atom stereocenters. The molecule has 2 N–H and O–H groups in total. The first-order chi connectivity index (χ1) is 10.1. The molecule has 1 amide bonds. The third kappa shape index (κ3) is 5.76. The molecule has 1 heterocycles. The highest BCUT2D eigenvalue weighted by atomic mass is 16.5. The molecule has 1 aromatic carbocycles. The van der Waals surface area contributed by atoms with Crippen molar-refractivity contribution >= 4 is 11.6 Å². The highest BCUT2D eigenvalue weighted by Gasteiger charge is 2.16. The molecule has 2 rings (SSSR count). The Morgan fingerprint density at radius 2 is 2.33 bits per heavy atom. The molecule has 0 aliphatic carbocycles. The second-order valence-electron chi connectivity index (χ2n) is 6.20. The third-order valence-corrected chi connectivity index (χ3v) is 3.57. The maximum atomic E-state index is 12.1. The summed E-state index contributed by atoms with van der Waals surface area (Å²) in [5.74, 6) is 1.84. The van der Waals surface area contributed by atoms with Crippen molar-refractivity contribution < 1.29 is 9.53 Å². The maximum Gasteiger partial charge on any atom is 0.224 e. The molecule has 1 aliphatic heterocycles. The summed E-state index contributed by atoms with van der Waals surface area (Å²) in [7, 11) is 0. The molecule has 1 saturated heterocycles. The van der Waals surface area contributed by atoms with Crippen molar-refractivity contribution in [3.63, 3.8) is 0 Å². The van der Waals surface area contributed by atoms with Crippen molar-refractivity contribution in [3.05, 3.63) is 24.3 Å². The molecule has 1 fully saturated rings. The Balaban J connectivity index is 1.83. The molecule has 0 aromatic heterocycles. The predicted molar refractivity (Wildman–Crippen MR) is 85.6 cm³/mol. The van der Waals surface area contributed by atoms with Gasteiger partial charge in [0.1, 0.15) is 5.75 Å². The van der Waals surface area contributed by atoms with Gasteiger partial charge < -0.3 is 15.4 Å². The molecule has 1 aliphatic rings. The fourth-order valence-corrected chi connectivity index (χ4v) is 2.50. The van der Waals surface area contributed by atoms with Crippen LogP contribution in [0, 0.1) is 11.8 Å². The van der Waals surface area contributed by atoms with Gasteiger partial charge in [-0.15, -0.1) is 0 Å². The summed E-state index contributed by atoms with van der Waals surface area (Å²) in [4.78, 5) is 12.1. The Hall–Kier alpha value is -1.55. The van der Waals surface area contributed by atoms with Crippen molar-refractivity contribution in [2.24, 2.45) is 11.8 Å². The smallest absolute Gasteiger partial charge is 0.224 e. The molecule has 1 unspecified atom stereocenters. The van der Waals surface area contributed by atoms with Crippen LogP contribution in [-0.4, -0.2) is 25.6 Å². The summed E-state index contributed by atoms with van der Waals surface area (Å²) in [6.45, 7) is 6.94. The normalized spacial score (nSPS) is 18.5. The number of ether oxygens (including phenoxy) is 1. The number of anilines is 1. The molecule has 21 heavy (non-hydrogen) atoms. The predicted octanol–water partition coefficient (Wildman–Crippen LogP) is 3.05. The molecule has 0 radical (unpaired) electrons. The topological polar surface area (TPSA) is 50.4 Å².